The van der Waals surface area contributed by atoms with Gasteiger partial charge in [-0.15, -0.1) is 0 Å². The highest BCUT2D eigenvalue weighted by Gasteiger charge is 2.36. The van der Waals surface area contributed by atoms with Crippen LogP contribution in [-0.4, -0.2) is 27.4 Å². The van der Waals surface area contributed by atoms with Crippen LogP contribution >= 0.6 is 23.2 Å². The van der Waals surface area contributed by atoms with Crippen molar-refractivity contribution in [2.45, 2.75) is 6.18 Å². The first-order chi connectivity index (χ1) is 13.6. The minimum Gasteiger partial charge on any atom is -0.506 e. The van der Waals surface area contributed by atoms with E-state index in [1.807, 2.05) is 0 Å². The number of rotatable bonds is 5. The van der Waals surface area contributed by atoms with Gasteiger partial charge in [0.05, 0.1) is 16.4 Å². The van der Waals surface area contributed by atoms with E-state index < -0.39 is 24.4 Å². The summed E-state index contributed by atoms with van der Waals surface area (Å²) in [6.07, 6.45) is -4.72. The first kappa shape index (κ1) is 20.8. The zero-order valence-corrected chi connectivity index (χ0v) is 15.9. The number of phenolic OH excluding ortho intramolecular Hbond substituents is 1. The summed E-state index contributed by atoms with van der Waals surface area (Å²) < 4.78 is 45.3. The highest BCUT2D eigenvalue weighted by atomic mass is 35.5. The lowest BCUT2D eigenvalue weighted by atomic mass is 10.3. The molecular formula is C18H12Cl2F3N3O3. The van der Waals surface area contributed by atoms with Gasteiger partial charge in [0.1, 0.15) is 5.75 Å². The van der Waals surface area contributed by atoms with Gasteiger partial charge in [-0.25, -0.2) is 0 Å². The Morgan fingerprint density at radius 2 is 1.90 bits per heavy atom. The molecule has 0 bridgehead atoms. The number of halogens is 5. The lowest BCUT2D eigenvalue weighted by Gasteiger charge is -2.11. The fourth-order valence-corrected chi connectivity index (χ4v) is 2.72. The number of carbonyl (C=O) groups excluding carboxylic acids is 1. The van der Waals surface area contributed by atoms with Gasteiger partial charge in [0.15, 0.2) is 12.3 Å². The van der Waals surface area contributed by atoms with Crippen molar-refractivity contribution in [3.8, 4) is 17.3 Å². The maximum absolute atomic E-state index is 13.1. The number of benzene rings is 2. The number of amides is 1. The summed E-state index contributed by atoms with van der Waals surface area (Å²) >= 11 is 11.8. The molecule has 1 amide bonds. The van der Waals surface area contributed by atoms with Crippen LogP contribution in [0.2, 0.25) is 10.0 Å². The summed E-state index contributed by atoms with van der Waals surface area (Å²) in [6.45, 7) is -0.653. The molecule has 0 aliphatic rings. The first-order valence-corrected chi connectivity index (χ1v) is 8.74. The zero-order chi connectivity index (χ0) is 21.2. The van der Waals surface area contributed by atoms with Gasteiger partial charge in [-0.1, -0.05) is 35.3 Å². The average Bonchev–Trinajstić information content (AvgIpc) is 3.08. The number of anilines is 1. The van der Waals surface area contributed by atoms with Gasteiger partial charge in [-0.05, 0) is 30.3 Å². The molecule has 2 aromatic carbocycles. The third kappa shape index (κ3) is 4.93. The monoisotopic (exact) mass is 445 g/mol. The number of ether oxygens (including phenoxy) is 1. The molecule has 0 saturated carbocycles. The molecule has 0 atom stereocenters. The van der Waals surface area contributed by atoms with E-state index in [0.29, 0.717) is 6.07 Å². The number of aromatic nitrogens is 2. The molecule has 29 heavy (non-hydrogen) atoms. The van der Waals surface area contributed by atoms with Crippen molar-refractivity contribution < 1.29 is 27.8 Å². The van der Waals surface area contributed by atoms with Crippen LogP contribution in [-0.2, 0) is 11.0 Å². The predicted molar refractivity (Wildman–Crippen MR) is 101 cm³/mol. The molecule has 0 radical (unpaired) electrons. The number of para-hydroxylation sites is 1. The van der Waals surface area contributed by atoms with Crippen LogP contribution in [0, 0.1) is 0 Å². The summed E-state index contributed by atoms with van der Waals surface area (Å²) in [6, 6.07) is 10.8. The second-order valence-electron chi connectivity index (χ2n) is 5.73. The van der Waals surface area contributed by atoms with Crippen molar-refractivity contribution in [1.82, 2.24) is 9.78 Å². The molecule has 1 heterocycles. The van der Waals surface area contributed by atoms with Crippen LogP contribution in [0.5, 0.6) is 11.6 Å². The Hall–Kier alpha value is -2.91. The molecule has 1 aromatic heterocycles. The van der Waals surface area contributed by atoms with Crippen molar-refractivity contribution in [1.29, 1.82) is 0 Å². The normalized spacial score (nSPS) is 11.3. The van der Waals surface area contributed by atoms with E-state index in [0.717, 1.165) is 4.68 Å². The minimum absolute atomic E-state index is 0.0293. The van der Waals surface area contributed by atoms with E-state index in [-0.39, 0.29) is 33.0 Å². The molecule has 6 nitrogen and oxygen atoms in total. The molecule has 0 saturated heterocycles. The van der Waals surface area contributed by atoms with E-state index in [4.69, 9.17) is 27.9 Å². The minimum atomic E-state index is -4.72. The summed E-state index contributed by atoms with van der Waals surface area (Å²) in [5.41, 5.74) is -1.03. The fourth-order valence-electron chi connectivity index (χ4n) is 2.34. The standard InChI is InChI=1S/C18H12Cl2F3N3O3/c19-10-5-6-14(27)12(7-10)24-16(28)9-29-17-8-15(18(21,22)23)25-26(17)13-4-2-1-3-11(13)20/h1-8,27H,9H2,(H,24,28). The Bertz CT molecular complexity index is 1050. The van der Waals surface area contributed by atoms with Crippen molar-refractivity contribution >= 4 is 34.8 Å². The summed E-state index contributed by atoms with van der Waals surface area (Å²) in [5.74, 6) is -1.30. The third-order valence-electron chi connectivity index (χ3n) is 3.63. The van der Waals surface area contributed by atoms with Crippen molar-refractivity contribution in [3.05, 3.63) is 64.3 Å². The van der Waals surface area contributed by atoms with Gasteiger partial charge in [0.2, 0.25) is 5.88 Å². The molecule has 152 valence electrons. The topological polar surface area (TPSA) is 76.4 Å². The molecule has 3 rings (SSSR count). The van der Waals surface area contributed by atoms with Crippen molar-refractivity contribution in [3.63, 3.8) is 0 Å². The Labute approximate surface area is 172 Å². The van der Waals surface area contributed by atoms with Crippen LogP contribution in [0.1, 0.15) is 5.69 Å². The van der Waals surface area contributed by atoms with E-state index >= 15 is 0 Å². The van der Waals surface area contributed by atoms with E-state index in [1.54, 1.807) is 12.1 Å². The van der Waals surface area contributed by atoms with Crippen LogP contribution in [0.15, 0.2) is 48.5 Å². The predicted octanol–water partition coefficient (Wildman–Crippen LogP) is 4.92. The van der Waals surface area contributed by atoms with Crippen molar-refractivity contribution in [2.24, 2.45) is 0 Å². The Kier molecular flexibility index (Phi) is 5.90. The van der Waals surface area contributed by atoms with Crippen LogP contribution in [0.25, 0.3) is 5.69 Å². The van der Waals surface area contributed by atoms with Crippen LogP contribution < -0.4 is 10.1 Å². The molecule has 0 fully saturated rings. The number of hydrogen-bond donors (Lipinski definition) is 2. The largest absolute Gasteiger partial charge is 0.506 e. The second kappa shape index (κ2) is 8.22. The van der Waals surface area contributed by atoms with E-state index in [2.05, 4.69) is 10.4 Å². The summed E-state index contributed by atoms with van der Waals surface area (Å²) in [5, 5.41) is 16.0. The second-order valence-corrected chi connectivity index (χ2v) is 6.57. The molecule has 11 heteroatoms. The summed E-state index contributed by atoms with van der Waals surface area (Å²) in [4.78, 5) is 12.1. The van der Waals surface area contributed by atoms with Gasteiger partial charge in [-0.3, -0.25) is 4.79 Å². The number of alkyl halides is 3. The number of nitrogens with one attached hydrogen (secondary N) is 1. The van der Waals surface area contributed by atoms with Gasteiger partial charge in [-0.2, -0.15) is 23.0 Å². The molecule has 0 aliphatic heterocycles. The maximum atomic E-state index is 13.1. The lowest BCUT2D eigenvalue weighted by molar-refractivity contribution is -0.141. The van der Waals surface area contributed by atoms with Gasteiger partial charge >= 0.3 is 6.18 Å². The molecule has 0 spiro atoms. The molecular weight excluding hydrogens is 434 g/mol. The van der Waals surface area contributed by atoms with Crippen molar-refractivity contribution in [2.75, 3.05) is 11.9 Å². The maximum Gasteiger partial charge on any atom is 0.435 e. The van der Waals surface area contributed by atoms with E-state index in [9.17, 15) is 23.1 Å². The Morgan fingerprint density at radius 3 is 2.59 bits per heavy atom. The van der Waals surface area contributed by atoms with Gasteiger partial charge in [0, 0.05) is 11.1 Å². The Morgan fingerprint density at radius 1 is 1.17 bits per heavy atom. The molecule has 0 unspecified atom stereocenters. The molecule has 3 aromatic rings. The highest BCUT2D eigenvalue weighted by molar-refractivity contribution is 6.32. The molecule has 2 N–H and O–H groups in total. The van der Waals surface area contributed by atoms with Crippen LogP contribution in [0.3, 0.4) is 0 Å². The average molecular weight is 446 g/mol. The number of aromatic hydroxyl groups is 1. The Balaban J connectivity index is 1.83. The lowest BCUT2D eigenvalue weighted by Crippen LogP contribution is -2.21. The number of hydrogen-bond acceptors (Lipinski definition) is 4. The zero-order valence-electron chi connectivity index (χ0n) is 14.4. The van der Waals surface area contributed by atoms with Crippen LogP contribution in [0.4, 0.5) is 18.9 Å². The number of nitrogens with zero attached hydrogens (tertiary/aromatic N) is 2. The first-order valence-electron chi connectivity index (χ1n) is 7.98. The molecule has 0 aliphatic carbocycles. The fraction of sp³-hybridized carbons (Fsp3) is 0.111. The third-order valence-corrected chi connectivity index (χ3v) is 4.19. The number of phenols is 1. The van der Waals surface area contributed by atoms with Gasteiger partial charge < -0.3 is 15.2 Å². The SMILES string of the molecule is O=C(COc1cc(C(F)(F)F)nn1-c1ccccc1Cl)Nc1cc(Cl)ccc1O. The smallest absolute Gasteiger partial charge is 0.435 e. The van der Waals surface area contributed by atoms with Gasteiger partial charge in [0.25, 0.3) is 5.91 Å². The quantitative estimate of drug-likeness (QED) is 0.546. The number of carbonyl (C=O) groups is 1. The van der Waals surface area contributed by atoms with E-state index in [1.165, 1.54) is 30.3 Å². The highest BCUT2D eigenvalue weighted by Crippen LogP contribution is 2.33. The summed E-state index contributed by atoms with van der Waals surface area (Å²) in [7, 11) is 0.